The zero-order chi connectivity index (χ0) is 16.2. The first kappa shape index (κ1) is 15.4. The quantitative estimate of drug-likeness (QED) is 0.795. The lowest BCUT2D eigenvalue weighted by Gasteiger charge is -2.49. The second-order valence-electron chi connectivity index (χ2n) is 7.45. The largest absolute Gasteiger partial charge is 0.364 e. The van der Waals surface area contributed by atoms with Gasteiger partial charge in [-0.2, -0.15) is 0 Å². The Bertz CT molecular complexity index is 701. The third-order valence-electron chi connectivity index (χ3n) is 6.37. The Balaban J connectivity index is 1.88. The normalized spacial score (nSPS) is 31.7. The lowest BCUT2D eigenvalue weighted by atomic mass is 9.61. The van der Waals surface area contributed by atoms with Gasteiger partial charge in [-0.15, -0.1) is 0 Å². The molecular weight excluding hydrogens is 354 g/mol. The van der Waals surface area contributed by atoms with Gasteiger partial charge in [0.15, 0.2) is 0 Å². The molecule has 2 saturated carbocycles. The van der Waals surface area contributed by atoms with Gasteiger partial charge in [0.1, 0.15) is 11.6 Å². The Kier molecular flexibility index (Phi) is 3.45. The number of benzene rings is 1. The minimum absolute atomic E-state index is 0.0824. The molecule has 4 rings (SSSR count). The van der Waals surface area contributed by atoms with Crippen LogP contribution in [0.15, 0.2) is 22.7 Å². The Morgan fingerprint density at radius 3 is 2.91 bits per heavy atom. The van der Waals surface area contributed by atoms with Crippen LogP contribution in [0.4, 0.5) is 5.69 Å². The highest BCUT2D eigenvalue weighted by Crippen LogP contribution is 2.65. The fourth-order valence-corrected chi connectivity index (χ4v) is 5.87. The molecule has 0 aromatic heterocycles. The predicted molar refractivity (Wildman–Crippen MR) is 93.9 cm³/mol. The van der Waals surface area contributed by atoms with E-state index in [1.807, 2.05) is 0 Å². The summed E-state index contributed by atoms with van der Waals surface area (Å²) in [6.07, 6.45) is 6.29. The van der Waals surface area contributed by atoms with E-state index in [0.29, 0.717) is 25.0 Å². The maximum atomic E-state index is 12.3. The predicted octanol–water partition coefficient (Wildman–Crippen LogP) is 4.16. The van der Waals surface area contributed by atoms with Gasteiger partial charge in [0.05, 0.1) is 5.54 Å². The lowest BCUT2D eigenvalue weighted by molar-refractivity contribution is -0.123. The van der Waals surface area contributed by atoms with Crippen molar-refractivity contribution in [1.29, 1.82) is 0 Å². The van der Waals surface area contributed by atoms with Crippen LogP contribution in [0.5, 0.6) is 0 Å². The number of fused-ring (bicyclic) bond motifs is 1. The number of carbonyl (C=O) groups is 2. The summed E-state index contributed by atoms with van der Waals surface area (Å²) in [5.74, 6) is 0.611. The van der Waals surface area contributed by atoms with Crippen LogP contribution < -0.4 is 4.90 Å². The third kappa shape index (κ3) is 2.00. The summed E-state index contributed by atoms with van der Waals surface area (Å²) in [7, 11) is 0. The van der Waals surface area contributed by atoms with Crippen molar-refractivity contribution in [2.45, 2.75) is 62.8 Å². The van der Waals surface area contributed by atoms with Gasteiger partial charge in [-0.25, -0.2) is 0 Å². The van der Waals surface area contributed by atoms with E-state index < -0.39 is 0 Å². The van der Waals surface area contributed by atoms with Gasteiger partial charge < -0.3 is 4.90 Å². The summed E-state index contributed by atoms with van der Waals surface area (Å²) < 4.78 is 1.11. The first-order chi connectivity index (χ1) is 11.0. The number of ketones is 2. The second-order valence-corrected chi connectivity index (χ2v) is 8.36. The third-order valence-corrected chi connectivity index (χ3v) is 6.87. The number of carbonyl (C=O) groups excluding carboxylic acids is 2. The van der Waals surface area contributed by atoms with Crippen LogP contribution in [-0.4, -0.2) is 23.7 Å². The number of hydrogen-bond acceptors (Lipinski definition) is 3. The van der Waals surface area contributed by atoms with Crippen LogP contribution in [0.25, 0.3) is 0 Å². The summed E-state index contributed by atoms with van der Waals surface area (Å²) in [5, 5.41) is 0. The Morgan fingerprint density at radius 1 is 1.30 bits per heavy atom. The molecule has 0 radical (unpaired) electrons. The molecule has 0 unspecified atom stereocenters. The summed E-state index contributed by atoms with van der Waals surface area (Å²) in [5.41, 5.74) is 2.68. The van der Waals surface area contributed by atoms with Crippen molar-refractivity contribution in [3.05, 3.63) is 28.2 Å². The number of hydrogen-bond donors (Lipinski definition) is 0. The fraction of sp³-hybridized carbons (Fsp3) is 0.579. The first-order valence-electron chi connectivity index (χ1n) is 8.57. The Morgan fingerprint density at radius 2 is 2.13 bits per heavy atom. The molecule has 1 heterocycles. The zero-order valence-corrected chi connectivity index (χ0v) is 15.1. The van der Waals surface area contributed by atoms with Gasteiger partial charge in [0, 0.05) is 41.4 Å². The average Bonchev–Trinajstić information content (AvgIpc) is 2.97. The van der Waals surface area contributed by atoms with Crippen LogP contribution >= 0.6 is 15.9 Å². The Hall–Kier alpha value is -1.16. The van der Waals surface area contributed by atoms with E-state index in [1.165, 1.54) is 24.1 Å². The fourth-order valence-electron chi connectivity index (χ4n) is 5.51. The number of Topliss-reactive ketones (excluding diaryl/α,β-unsaturated/α-hetero) is 2. The molecule has 0 saturated heterocycles. The molecule has 0 N–H and O–H groups in total. The topological polar surface area (TPSA) is 37.4 Å². The van der Waals surface area contributed by atoms with Crippen molar-refractivity contribution in [3.8, 4) is 0 Å². The molecule has 0 bridgehead atoms. The molecule has 3 nitrogen and oxygen atoms in total. The molecule has 1 aliphatic heterocycles. The second kappa shape index (κ2) is 5.17. The molecule has 2 fully saturated rings. The molecular formula is C19H22BrNO2. The van der Waals surface area contributed by atoms with Gasteiger partial charge >= 0.3 is 0 Å². The molecule has 23 heavy (non-hydrogen) atoms. The number of rotatable bonds is 3. The molecule has 1 aromatic carbocycles. The van der Waals surface area contributed by atoms with Crippen LogP contribution in [0.3, 0.4) is 0 Å². The molecule has 122 valence electrons. The minimum atomic E-state index is -0.0824. The van der Waals surface area contributed by atoms with E-state index in [-0.39, 0.29) is 16.7 Å². The highest BCUT2D eigenvalue weighted by Gasteiger charge is 2.65. The van der Waals surface area contributed by atoms with Crippen molar-refractivity contribution >= 4 is 33.2 Å². The molecule has 2 atom stereocenters. The number of anilines is 1. The summed E-state index contributed by atoms with van der Waals surface area (Å²) in [6.45, 7) is 2.39. The first-order valence-corrected chi connectivity index (χ1v) is 9.37. The van der Waals surface area contributed by atoms with E-state index in [1.54, 1.807) is 6.92 Å². The van der Waals surface area contributed by atoms with Gasteiger partial charge in [-0.1, -0.05) is 22.4 Å². The van der Waals surface area contributed by atoms with Gasteiger partial charge in [-0.05, 0) is 49.9 Å². The highest BCUT2D eigenvalue weighted by atomic mass is 79.9. The highest BCUT2D eigenvalue weighted by molar-refractivity contribution is 9.10. The monoisotopic (exact) mass is 375 g/mol. The van der Waals surface area contributed by atoms with Gasteiger partial charge in [0.2, 0.25) is 0 Å². The van der Waals surface area contributed by atoms with E-state index in [9.17, 15) is 9.59 Å². The van der Waals surface area contributed by atoms with Crippen LogP contribution in [0, 0.1) is 0 Å². The summed E-state index contributed by atoms with van der Waals surface area (Å²) in [4.78, 5) is 26.3. The molecule has 0 spiro atoms. The van der Waals surface area contributed by atoms with E-state index >= 15 is 0 Å². The molecule has 3 aliphatic rings. The Labute approximate surface area is 145 Å². The van der Waals surface area contributed by atoms with Crippen LogP contribution in [0.1, 0.15) is 57.4 Å². The van der Waals surface area contributed by atoms with Crippen molar-refractivity contribution in [2.75, 3.05) is 11.4 Å². The van der Waals surface area contributed by atoms with Crippen LogP contribution in [0.2, 0.25) is 0 Å². The molecule has 0 amide bonds. The lowest BCUT2D eigenvalue weighted by Crippen LogP contribution is -2.58. The van der Waals surface area contributed by atoms with Crippen molar-refractivity contribution in [1.82, 2.24) is 0 Å². The maximum Gasteiger partial charge on any atom is 0.135 e. The van der Waals surface area contributed by atoms with E-state index in [0.717, 1.165) is 23.9 Å². The SMILES string of the molecule is CC(=O)CCN1c2ccc(Br)cc2[C@]23CCC[C@]12CC(=O)CC3. The molecule has 1 aromatic rings. The van der Waals surface area contributed by atoms with Gasteiger partial charge in [0.25, 0.3) is 0 Å². The minimum Gasteiger partial charge on any atom is -0.364 e. The van der Waals surface area contributed by atoms with Gasteiger partial charge in [-0.3, -0.25) is 9.59 Å². The van der Waals surface area contributed by atoms with Crippen molar-refractivity contribution in [3.63, 3.8) is 0 Å². The number of halogens is 1. The summed E-state index contributed by atoms with van der Waals surface area (Å²) in [6, 6.07) is 6.53. The zero-order valence-electron chi connectivity index (χ0n) is 13.5. The average molecular weight is 376 g/mol. The van der Waals surface area contributed by atoms with E-state index in [4.69, 9.17) is 0 Å². The molecule has 4 heteroatoms. The van der Waals surface area contributed by atoms with Crippen LogP contribution in [-0.2, 0) is 15.0 Å². The number of nitrogens with zero attached hydrogens (tertiary/aromatic N) is 1. The molecule has 2 aliphatic carbocycles. The standard InChI is InChI=1S/C19H22BrNO2/c1-13(22)6-10-21-17-4-3-14(20)11-16(17)18-7-2-8-19(18,21)12-15(23)5-9-18/h3-4,11H,2,5-10,12H2,1H3/t18-,19-/m1/s1. The smallest absolute Gasteiger partial charge is 0.135 e. The van der Waals surface area contributed by atoms with E-state index in [2.05, 4.69) is 39.0 Å². The van der Waals surface area contributed by atoms with Crippen molar-refractivity contribution in [2.24, 2.45) is 0 Å². The summed E-state index contributed by atoms with van der Waals surface area (Å²) >= 11 is 3.63. The van der Waals surface area contributed by atoms with Crippen molar-refractivity contribution < 1.29 is 9.59 Å². The maximum absolute atomic E-state index is 12.3.